The van der Waals surface area contributed by atoms with Gasteiger partial charge in [0.15, 0.2) is 5.96 Å². The summed E-state index contributed by atoms with van der Waals surface area (Å²) < 4.78 is 10.1. The van der Waals surface area contributed by atoms with Gasteiger partial charge in [-0.3, -0.25) is 9.79 Å². The van der Waals surface area contributed by atoms with Gasteiger partial charge in [0.2, 0.25) is 6.79 Å². The third-order valence-electron chi connectivity index (χ3n) is 2.44. The second-order valence-corrected chi connectivity index (χ2v) is 4.09. The predicted molar refractivity (Wildman–Crippen MR) is 75.9 cm³/mol. The number of nitrogens with zero attached hydrogens (tertiary/aromatic N) is 1. The van der Waals surface area contributed by atoms with E-state index in [-0.39, 0.29) is 12.8 Å². The number of guanidine groups is 1. The Morgan fingerprint density at radius 1 is 1.25 bits per heavy atom. The quantitative estimate of drug-likeness (QED) is 0.201. The summed E-state index contributed by atoms with van der Waals surface area (Å²) in [5, 5.41) is 0. The van der Waals surface area contributed by atoms with Gasteiger partial charge < -0.3 is 26.7 Å². The summed E-state index contributed by atoms with van der Waals surface area (Å²) in [6, 6.07) is 8.35. The van der Waals surface area contributed by atoms with Gasteiger partial charge in [0.25, 0.3) is 0 Å². The van der Waals surface area contributed by atoms with Crippen molar-refractivity contribution in [3.05, 3.63) is 30.3 Å². The molecule has 6 N–H and O–H groups in total. The number of aliphatic imine (C=N–C) groups is 1. The first-order chi connectivity index (χ1) is 9.59. The lowest BCUT2D eigenvalue weighted by Gasteiger charge is -2.11. The molecule has 0 heterocycles. The normalized spacial score (nSPS) is 11.4. The van der Waals surface area contributed by atoms with Crippen LogP contribution in [0.2, 0.25) is 0 Å². The number of hydrogen-bond acceptors (Lipinski definition) is 5. The molecule has 0 saturated heterocycles. The van der Waals surface area contributed by atoms with E-state index < -0.39 is 12.0 Å². The predicted octanol–water partition coefficient (Wildman–Crippen LogP) is -0.0530. The highest BCUT2D eigenvalue weighted by molar-refractivity contribution is 5.76. The molecule has 7 nitrogen and oxygen atoms in total. The molecule has 0 aromatic heterocycles. The zero-order chi connectivity index (χ0) is 14.8. The molecule has 0 aliphatic carbocycles. The molecule has 0 unspecified atom stereocenters. The van der Waals surface area contributed by atoms with Gasteiger partial charge in [-0.25, -0.2) is 0 Å². The summed E-state index contributed by atoms with van der Waals surface area (Å²) in [6.07, 6.45) is 1.05. The minimum atomic E-state index is -0.705. The Kier molecular flexibility index (Phi) is 6.91. The number of ether oxygens (including phenoxy) is 2. The number of para-hydroxylation sites is 1. The topological polar surface area (TPSA) is 126 Å². The molecule has 0 aliphatic heterocycles. The van der Waals surface area contributed by atoms with Gasteiger partial charge in [-0.2, -0.15) is 0 Å². The highest BCUT2D eigenvalue weighted by atomic mass is 16.7. The molecule has 0 radical (unpaired) electrons. The molecular formula is C13H20N4O3. The number of benzene rings is 1. The maximum absolute atomic E-state index is 11.5. The van der Waals surface area contributed by atoms with Crippen molar-refractivity contribution in [2.45, 2.75) is 18.9 Å². The Hall–Kier alpha value is -2.28. The monoisotopic (exact) mass is 280 g/mol. The summed E-state index contributed by atoms with van der Waals surface area (Å²) >= 11 is 0. The first-order valence-electron chi connectivity index (χ1n) is 6.25. The lowest BCUT2D eigenvalue weighted by molar-refractivity contribution is -0.152. The number of carbonyl (C=O) groups is 1. The van der Waals surface area contributed by atoms with E-state index in [1.807, 2.05) is 18.2 Å². The summed E-state index contributed by atoms with van der Waals surface area (Å²) in [7, 11) is 0. The van der Waals surface area contributed by atoms with Crippen molar-refractivity contribution in [1.29, 1.82) is 0 Å². The van der Waals surface area contributed by atoms with Crippen LogP contribution in [0.25, 0.3) is 0 Å². The van der Waals surface area contributed by atoms with Crippen molar-refractivity contribution < 1.29 is 14.3 Å². The van der Waals surface area contributed by atoms with Gasteiger partial charge >= 0.3 is 5.97 Å². The molecule has 0 amide bonds. The minimum Gasteiger partial charge on any atom is -0.457 e. The maximum atomic E-state index is 11.5. The Morgan fingerprint density at radius 2 is 1.95 bits per heavy atom. The molecule has 1 atom stereocenters. The van der Waals surface area contributed by atoms with Gasteiger partial charge in [-0.05, 0) is 25.0 Å². The van der Waals surface area contributed by atoms with Crippen LogP contribution >= 0.6 is 0 Å². The molecule has 7 heteroatoms. The lowest BCUT2D eigenvalue weighted by Crippen LogP contribution is -2.33. The fourth-order valence-corrected chi connectivity index (χ4v) is 1.42. The van der Waals surface area contributed by atoms with E-state index in [1.165, 1.54) is 0 Å². The Bertz CT molecular complexity index is 433. The fraction of sp³-hybridized carbons (Fsp3) is 0.385. The second kappa shape index (κ2) is 8.76. The highest BCUT2D eigenvalue weighted by Gasteiger charge is 2.14. The number of carbonyl (C=O) groups excluding carboxylic acids is 1. The number of esters is 1. The molecule has 1 aromatic rings. The smallest absolute Gasteiger partial charge is 0.325 e. The van der Waals surface area contributed by atoms with Crippen LogP contribution in [0.1, 0.15) is 12.8 Å². The third-order valence-corrected chi connectivity index (χ3v) is 2.44. The van der Waals surface area contributed by atoms with E-state index >= 15 is 0 Å². The lowest BCUT2D eigenvalue weighted by atomic mass is 10.2. The van der Waals surface area contributed by atoms with E-state index in [4.69, 9.17) is 26.7 Å². The summed E-state index contributed by atoms with van der Waals surface area (Å²) in [5.41, 5.74) is 16.0. The zero-order valence-corrected chi connectivity index (χ0v) is 11.2. The number of nitrogens with two attached hydrogens (primary N) is 3. The molecule has 0 fully saturated rings. The molecule has 1 rings (SSSR count). The van der Waals surface area contributed by atoms with E-state index in [9.17, 15) is 4.79 Å². The standard InChI is InChI=1S/C13H20N4O3/c14-11(7-4-8-17-13(15)16)12(18)20-9-19-10-5-2-1-3-6-10/h1-3,5-6,11H,4,7-9,14H2,(H4,15,16,17)/t11-/m0/s1. The maximum Gasteiger partial charge on any atom is 0.325 e. The van der Waals surface area contributed by atoms with Crippen LogP contribution in [-0.2, 0) is 9.53 Å². The summed E-state index contributed by atoms with van der Waals surface area (Å²) in [5.74, 6) is 0.143. The van der Waals surface area contributed by atoms with Gasteiger partial charge in [0.05, 0.1) is 0 Å². The molecule has 0 spiro atoms. The first-order valence-corrected chi connectivity index (χ1v) is 6.25. The van der Waals surface area contributed by atoms with E-state index in [0.717, 1.165) is 0 Å². The van der Waals surface area contributed by atoms with E-state index in [0.29, 0.717) is 25.1 Å². The number of hydrogen-bond donors (Lipinski definition) is 3. The molecule has 1 aromatic carbocycles. The van der Waals surface area contributed by atoms with Crippen molar-refractivity contribution in [2.24, 2.45) is 22.2 Å². The summed E-state index contributed by atoms with van der Waals surface area (Å²) in [6.45, 7) is 0.272. The van der Waals surface area contributed by atoms with Crippen LogP contribution in [0.5, 0.6) is 5.75 Å². The van der Waals surface area contributed by atoms with Crippen LogP contribution < -0.4 is 21.9 Å². The third kappa shape index (κ3) is 6.60. The molecule has 110 valence electrons. The van der Waals surface area contributed by atoms with Gasteiger partial charge in [-0.1, -0.05) is 18.2 Å². The van der Waals surface area contributed by atoms with Crippen LogP contribution in [0.15, 0.2) is 35.3 Å². The fourth-order valence-electron chi connectivity index (χ4n) is 1.42. The molecule has 0 saturated carbocycles. The largest absolute Gasteiger partial charge is 0.457 e. The average Bonchev–Trinajstić information content (AvgIpc) is 2.44. The highest BCUT2D eigenvalue weighted by Crippen LogP contribution is 2.08. The van der Waals surface area contributed by atoms with Crippen LogP contribution in [0.3, 0.4) is 0 Å². The average molecular weight is 280 g/mol. The van der Waals surface area contributed by atoms with Gasteiger partial charge in [-0.15, -0.1) is 0 Å². The Balaban J connectivity index is 2.17. The van der Waals surface area contributed by atoms with Gasteiger partial charge in [0, 0.05) is 6.54 Å². The van der Waals surface area contributed by atoms with Crippen LogP contribution in [0.4, 0.5) is 0 Å². The van der Waals surface area contributed by atoms with Crippen molar-refractivity contribution in [3.8, 4) is 5.75 Å². The zero-order valence-electron chi connectivity index (χ0n) is 11.2. The van der Waals surface area contributed by atoms with Crippen molar-refractivity contribution in [3.63, 3.8) is 0 Å². The second-order valence-electron chi connectivity index (χ2n) is 4.09. The van der Waals surface area contributed by atoms with Gasteiger partial charge in [0.1, 0.15) is 11.8 Å². The minimum absolute atomic E-state index is 0.0254. The van der Waals surface area contributed by atoms with Crippen LogP contribution in [-0.4, -0.2) is 31.3 Å². The van der Waals surface area contributed by atoms with E-state index in [1.54, 1.807) is 12.1 Å². The molecular weight excluding hydrogens is 260 g/mol. The molecule has 0 bridgehead atoms. The van der Waals surface area contributed by atoms with E-state index in [2.05, 4.69) is 4.99 Å². The molecule has 0 aliphatic rings. The first kappa shape index (κ1) is 15.8. The van der Waals surface area contributed by atoms with Crippen molar-refractivity contribution in [2.75, 3.05) is 13.3 Å². The Labute approximate surface area is 117 Å². The van der Waals surface area contributed by atoms with Crippen LogP contribution in [0, 0.1) is 0 Å². The number of rotatable bonds is 8. The molecule has 20 heavy (non-hydrogen) atoms. The van der Waals surface area contributed by atoms with Crippen molar-refractivity contribution in [1.82, 2.24) is 0 Å². The van der Waals surface area contributed by atoms with Crippen molar-refractivity contribution >= 4 is 11.9 Å². The Morgan fingerprint density at radius 3 is 2.60 bits per heavy atom. The summed E-state index contributed by atoms with van der Waals surface area (Å²) in [4.78, 5) is 15.3. The SMILES string of the molecule is NC(N)=NCCC[C@H](N)C(=O)OCOc1ccccc1.